The minimum absolute atomic E-state index is 0.198. The lowest BCUT2D eigenvalue weighted by molar-refractivity contribution is 0.593. The molecule has 3 nitrogen and oxygen atoms in total. The average molecular weight is 914 g/mol. The smallest absolute Gasteiger partial charge is 0.0582 e. The normalized spacial score (nSPS) is 17.9. The molecule has 0 saturated carbocycles. The summed E-state index contributed by atoms with van der Waals surface area (Å²) in [5.74, 6) is 0.229. The van der Waals surface area contributed by atoms with Crippen LogP contribution >= 0.6 is 0 Å². The maximum absolute atomic E-state index is 2.66. The second-order valence-electron chi connectivity index (χ2n) is 21.3. The zero-order valence-corrected chi connectivity index (χ0v) is 40.8. The van der Waals surface area contributed by atoms with E-state index >= 15 is 0 Å². The molecule has 2 aliphatic heterocycles. The summed E-state index contributed by atoms with van der Waals surface area (Å²) in [5, 5.41) is 7.70. The van der Waals surface area contributed by atoms with Crippen LogP contribution in [0.5, 0.6) is 0 Å². The Morgan fingerprint density at radius 2 is 1.08 bits per heavy atom. The average Bonchev–Trinajstić information content (AvgIpc) is 3.75. The fraction of sp³-hybridized carbons (Fsp3) is 0.147. The Labute approximate surface area is 416 Å². The van der Waals surface area contributed by atoms with Gasteiger partial charge in [0.1, 0.15) is 0 Å². The van der Waals surface area contributed by atoms with Crippen LogP contribution < -0.4 is 9.80 Å². The van der Waals surface area contributed by atoms with Crippen LogP contribution in [0.4, 0.5) is 22.7 Å². The third-order valence-electron chi connectivity index (χ3n) is 16.5. The molecule has 2 unspecified atom stereocenters. The maximum atomic E-state index is 2.66. The van der Waals surface area contributed by atoms with E-state index in [9.17, 15) is 0 Å². The van der Waals surface area contributed by atoms with E-state index < -0.39 is 0 Å². The van der Waals surface area contributed by atoms with Crippen molar-refractivity contribution in [2.75, 3.05) is 9.80 Å². The van der Waals surface area contributed by atoms with Crippen LogP contribution in [0.2, 0.25) is 0 Å². The molecular formula is C68H55N3. The fourth-order valence-corrected chi connectivity index (χ4v) is 12.7. The van der Waals surface area contributed by atoms with Crippen LogP contribution in [0.15, 0.2) is 230 Å². The molecule has 3 heteroatoms. The molecule has 9 aromatic carbocycles. The predicted octanol–water partition coefficient (Wildman–Crippen LogP) is 17.8. The Kier molecular flexibility index (Phi) is 9.23. The van der Waals surface area contributed by atoms with E-state index in [1.807, 2.05) is 0 Å². The molecule has 0 radical (unpaired) electrons. The summed E-state index contributed by atoms with van der Waals surface area (Å²) in [6.45, 7) is 9.80. The summed E-state index contributed by atoms with van der Waals surface area (Å²) in [4.78, 5) is 4.92. The van der Waals surface area contributed by atoms with Crippen LogP contribution in [-0.2, 0) is 10.8 Å². The molecule has 0 amide bonds. The molecule has 71 heavy (non-hydrogen) atoms. The number of nitrogens with zero attached hydrogens (tertiary/aromatic N) is 3. The summed E-state index contributed by atoms with van der Waals surface area (Å²) < 4.78 is 2.66. The molecule has 2 aliphatic carbocycles. The third kappa shape index (κ3) is 6.42. The molecule has 14 rings (SSSR count). The van der Waals surface area contributed by atoms with Crippen molar-refractivity contribution in [2.24, 2.45) is 0 Å². The summed E-state index contributed by atoms with van der Waals surface area (Å²) in [6.07, 6.45) is 18.1. The number of para-hydroxylation sites is 2. The Morgan fingerprint density at radius 1 is 0.465 bits per heavy atom. The van der Waals surface area contributed by atoms with Gasteiger partial charge < -0.3 is 14.4 Å². The summed E-state index contributed by atoms with van der Waals surface area (Å²) in [7, 11) is 0. The van der Waals surface area contributed by atoms with Crippen molar-refractivity contribution < 1.29 is 0 Å². The van der Waals surface area contributed by atoms with Crippen LogP contribution in [0.3, 0.4) is 0 Å². The zero-order valence-electron chi connectivity index (χ0n) is 40.8. The largest absolute Gasteiger partial charge is 0.334 e. The molecule has 0 fully saturated rings. The lowest BCUT2D eigenvalue weighted by Gasteiger charge is -2.42. The van der Waals surface area contributed by atoms with Gasteiger partial charge in [0.2, 0.25) is 0 Å². The first-order valence-corrected chi connectivity index (χ1v) is 25.5. The van der Waals surface area contributed by atoms with E-state index in [4.69, 9.17) is 0 Å². The van der Waals surface area contributed by atoms with Gasteiger partial charge in [-0.3, -0.25) is 0 Å². The monoisotopic (exact) mass is 913 g/mol. The molecule has 0 saturated heterocycles. The maximum Gasteiger partial charge on any atom is 0.0582 e. The molecule has 3 heterocycles. The molecular weight excluding hydrogens is 859 g/mol. The van der Waals surface area contributed by atoms with Gasteiger partial charge in [-0.05, 0) is 146 Å². The summed E-state index contributed by atoms with van der Waals surface area (Å²) in [5.41, 5.74) is 19.1. The highest BCUT2D eigenvalue weighted by Crippen LogP contribution is 2.57. The van der Waals surface area contributed by atoms with Gasteiger partial charge in [-0.15, -0.1) is 0 Å². The number of anilines is 4. The van der Waals surface area contributed by atoms with Crippen LogP contribution in [0.25, 0.3) is 60.2 Å². The lowest BCUT2D eigenvalue weighted by atomic mass is 9.68. The van der Waals surface area contributed by atoms with Gasteiger partial charge in [-0.2, -0.15) is 0 Å². The Bertz CT molecular complexity index is 3950. The van der Waals surface area contributed by atoms with Gasteiger partial charge in [0, 0.05) is 56.0 Å². The number of allylic oxidation sites excluding steroid dienone is 5. The van der Waals surface area contributed by atoms with Crippen molar-refractivity contribution >= 4 is 66.1 Å². The molecule has 4 aliphatic rings. The van der Waals surface area contributed by atoms with Crippen LogP contribution in [-0.4, -0.2) is 10.6 Å². The number of aromatic nitrogens is 1. The third-order valence-corrected chi connectivity index (χ3v) is 16.5. The summed E-state index contributed by atoms with van der Waals surface area (Å²) >= 11 is 0. The summed E-state index contributed by atoms with van der Waals surface area (Å²) in [6, 6.07) is 68.7. The first-order chi connectivity index (χ1) is 34.7. The molecule has 0 N–H and O–H groups in total. The molecule has 0 bridgehead atoms. The highest BCUT2D eigenvalue weighted by molar-refractivity contribution is 6.15. The molecule has 342 valence electrons. The van der Waals surface area contributed by atoms with Crippen LogP contribution in [0, 0.1) is 0 Å². The first kappa shape index (κ1) is 41.8. The molecule has 10 aromatic rings. The Hall–Kier alpha value is -8.14. The minimum atomic E-state index is -0.211. The topological polar surface area (TPSA) is 11.4 Å². The standard InChI is InChI=1S/C68H55N3/c1-67(2)60-24-15-25-61-66(60)71-64-58(40-50(42-62(64)67)46-26-32-54(33-27-46)69(52-20-7-5-8-21-52)56-36-30-44-16-11-13-18-48(44)38-56)59-41-51(43-63(65(59)71)68(61,3)4)47-28-34-55(35-29-47)70(53-22-9-6-10-23-53)57-37-31-45-17-12-14-19-49(45)39-57/h5-22,24-26,28-43,46,53H,23,27H2,1-4H3. The lowest BCUT2D eigenvalue weighted by Crippen LogP contribution is -2.33. The van der Waals surface area contributed by atoms with E-state index in [-0.39, 0.29) is 22.8 Å². The Morgan fingerprint density at radius 3 is 1.75 bits per heavy atom. The fourth-order valence-electron chi connectivity index (χ4n) is 12.7. The zero-order chi connectivity index (χ0) is 47.6. The number of hydrogen-bond donors (Lipinski definition) is 0. The van der Waals surface area contributed by atoms with Crippen molar-refractivity contribution in [3.63, 3.8) is 0 Å². The van der Waals surface area contributed by atoms with Crippen molar-refractivity contribution in [1.29, 1.82) is 0 Å². The van der Waals surface area contributed by atoms with E-state index in [0.717, 1.165) is 18.5 Å². The molecule has 0 spiro atoms. The predicted molar refractivity (Wildman–Crippen MR) is 300 cm³/mol. The number of fused-ring (bicyclic) bond motifs is 3. The van der Waals surface area contributed by atoms with Crippen molar-refractivity contribution in [3.8, 4) is 16.8 Å². The second kappa shape index (κ2) is 15.7. The van der Waals surface area contributed by atoms with Crippen molar-refractivity contribution in [3.05, 3.63) is 258 Å². The number of benzene rings is 9. The molecule has 1 aromatic heterocycles. The van der Waals surface area contributed by atoms with E-state index in [1.54, 1.807) is 0 Å². The SMILES string of the molecule is CC1(C)c2cccc3c2-n2c4c1cc(-c1ccc(N(c5ccc6ccccc6c5)C5C=CC=CC5)cc1)cc4c1cc(C4C=CC(N(c5ccccc5)c5ccc6ccccc6c5)=CC4)cc(c12)C3(C)C. The first-order valence-electron chi connectivity index (χ1n) is 25.5. The van der Waals surface area contributed by atoms with Crippen molar-refractivity contribution in [2.45, 2.75) is 63.3 Å². The minimum Gasteiger partial charge on any atom is -0.334 e. The van der Waals surface area contributed by atoms with Gasteiger partial charge >= 0.3 is 0 Å². The number of hydrogen-bond acceptors (Lipinski definition) is 2. The van der Waals surface area contributed by atoms with Gasteiger partial charge in [0.15, 0.2) is 0 Å². The van der Waals surface area contributed by atoms with Gasteiger partial charge in [-0.1, -0.05) is 179 Å². The second-order valence-corrected chi connectivity index (χ2v) is 21.3. The van der Waals surface area contributed by atoms with Gasteiger partial charge in [-0.25, -0.2) is 0 Å². The van der Waals surface area contributed by atoms with E-state index in [2.05, 4.69) is 267 Å². The van der Waals surface area contributed by atoms with Gasteiger partial charge in [0.25, 0.3) is 0 Å². The van der Waals surface area contributed by atoms with Crippen molar-refractivity contribution in [1.82, 2.24) is 4.57 Å². The van der Waals surface area contributed by atoms with E-state index in [0.29, 0.717) is 0 Å². The van der Waals surface area contributed by atoms with Gasteiger partial charge in [0.05, 0.1) is 22.8 Å². The van der Waals surface area contributed by atoms with E-state index in [1.165, 1.54) is 111 Å². The van der Waals surface area contributed by atoms with Crippen LogP contribution in [0.1, 0.15) is 74.3 Å². The quantitative estimate of drug-likeness (QED) is 0.150. The molecule has 2 atom stereocenters. The highest BCUT2D eigenvalue weighted by Gasteiger charge is 2.44. The highest BCUT2D eigenvalue weighted by atomic mass is 15.2. The Balaban J connectivity index is 0.897. The number of rotatable bonds is 8.